The van der Waals surface area contributed by atoms with E-state index in [1.807, 2.05) is 91.0 Å². The van der Waals surface area contributed by atoms with Crippen molar-refractivity contribution >= 4 is 44.3 Å². The molecular weight excluding hydrogens is 542 g/mol. The minimum absolute atomic E-state index is 0.633. The van der Waals surface area contributed by atoms with Gasteiger partial charge in [0, 0.05) is 34.5 Å². The fraction of sp³-hybridized carbons (Fsp3) is 0. The molecular formula is C37H23N7. The normalized spacial score (nSPS) is 11.6. The van der Waals surface area contributed by atoms with Gasteiger partial charge in [-0.2, -0.15) is 0 Å². The van der Waals surface area contributed by atoms with Gasteiger partial charge in [-0.1, -0.05) is 97.1 Å². The summed E-state index contributed by atoms with van der Waals surface area (Å²) in [5, 5.41) is 1.04. The van der Waals surface area contributed by atoms with E-state index in [1.165, 1.54) is 0 Å². The molecule has 9 aromatic rings. The summed E-state index contributed by atoms with van der Waals surface area (Å²) in [4.78, 5) is 25.6. The van der Waals surface area contributed by atoms with Crippen LogP contribution in [0.5, 0.6) is 0 Å². The van der Waals surface area contributed by atoms with Crippen molar-refractivity contribution in [2.75, 3.05) is 0 Å². The standard InChI is InChI=1S/C37H23N7/c1-4-13-24(14-5-1)28-23-31(40-35(39-28)25-15-6-2-7-16-25)44-30-21-12-22-38-33(30)34-37(44)42-36-32(41-34)27-19-10-11-20-29(27)43(36)26-17-8-3-9-18-26/h1-23H. The number of nitrogens with zero attached hydrogens (tertiary/aromatic N) is 7. The molecule has 5 heterocycles. The summed E-state index contributed by atoms with van der Waals surface area (Å²) in [7, 11) is 0. The van der Waals surface area contributed by atoms with Crippen LogP contribution in [0.3, 0.4) is 0 Å². The van der Waals surface area contributed by atoms with Crippen LogP contribution in [0, 0.1) is 0 Å². The summed E-state index contributed by atoms with van der Waals surface area (Å²) in [6.07, 6.45) is 1.80. The predicted molar refractivity (Wildman–Crippen MR) is 175 cm³/mol. The molecule has 0 aliphatic heterocycles. The molecule has 0 bridgehead atoms. The Morgan fingerprint density at radius 3 is 1.91 bits per heavy atom. The first-order chi connectivity index (χ1) is 21.8. The van der Waals surface area contributed by atoms with Gasteiger partial charge in [0.25, 0.3) is 0 Å². The number of aromatic nitrogens is 7. The molecule has 0 aliphatic rings. The summed E-state index contributed by atoms with van der Waals surface area (Å²) >= 11 is 0. The number of fused-ring (bicyclic) bond motifs is 6. The highest BCUT2D eigenvalue weighted by Crippen LogP contribution is 2.35. The van der Waals surface area contributed by atoms with E-state index in [2.05, 4.69) is 51.6 Å². The zero-order valence-corrected chi connectivity index (χ0v) is 23.4. The average Bonchev–Trinajstić information content (AvgIpc) is 3.60. The Balaban J connectivity index is 1.41. The fourth-order valence-corrected chi connectivity index (χ4v) is 6.02. The Kier molecular flexibility index (Phi) is 5.36. The number of pyridine rings is 1. The molecule has 0 saturated carbocycles. The molecule has 0 N–H and O–H groups in total. The molecule has 5 aromatic heterocycles. The second-order valence-corrected chi connectivity index (χ2v) is 10.6. The van der Waals surface area contributed by atoms with Crippen molar-refractivity contribution in [2.24, 2.45) is 0 Å². The van der Waals surface area contributed by atoms with E-state index < -0.39 is 0 Å². The van der Waals surface area contributed by atoms with Crippen molar-refractivity contribution in [3.8, 4) is 34.2 Å². The summed E-state index contributed by atoms with van der Waals surface area (Å²) in [5.41, 5.74) is 9.49. The van der Waals surface area contributed by atoms with E-state index in [0.717, 1.165) is 61.1 Å². The van der Waals surface area contributed by atoms with Crippen LogP contribution in [0.25, 0.3) is 78.4 Å². The maximum Gasteiger partial charge on any atom is 0.169 e. The van der Waals surface area contributed by atoms with Gasteiger partial charge < -0.3 is 0 Å². The minimum Gasteiger partial charge on any atom is -0.292 e. The van der Waals surface area contributed by atoms with Gasteiger partial charge in [-0.05, 0) is 30.3 Å². The van der Waals surface area contributed by atoms with Crippen LogP contribution < -0.4 is 0 Å². The molecule has 0 saturated heterocycles. The molecule has 0 amide bonds. The number of rotatable bonds is 4. The predicted octanol–water partition coefficient (Wildman–Crippen LogP) is 8.19. The van der Waals surface area contributed by atoms with E-state index in [1.54, 1.807) is 6.20 Å². The van der Waals surface area contributed by atoms with Crippen LogP contribution in [-0.2, 0) is 0 Å². The quantitative estimate of drug-likeness (QED) is 0.215. The lowest BCUT2D eigenvalue weighted by molar-refractivity contribution is 1.03. The molecule has 0 unspecified atom stereocenters. The second kappa shape index (κ2) is 9.68. The van der Waals surface area contributed by atoms with E-state index in [9.17, 15) is 0 Å². The Hall–Kier alpha value is -6.21. The van der Waals surface area contributed by atoms with Gasteiger partial charge in [0.05, 0.1) is 16.7 Å². The lowest BCUT2D eigenvalue weighted by atomic mass is 10.1. The molecule has 44 heavy (non-hydrogen) atoms. The number of benzene rings is 4. The van der Waals surface area contributed by atoms with Crippen LogP contribution >= 0.6 is 0 Å². The van der Waals surface area contributed by atoms with E-state index in [4.69, 9.17) is 24.9 Å². The van der Waals surface area contributed by atoms with Crippen LogP contribution in [0.4, 0.5) is 0 Å². The van der Waals surface area contributed by atoms with Crippen molar-refractivity contribution in [3.05, 3.63) is 140 Å². The molecule has 0 fully saturated rings. The van der Waals surface area contributed by atoms with Gasteiger partial charge in [0.2, 0.25) is 0 Å². The van der Waals surface area contributed by atoms with Gasteiger partial charge in [-0.3, -0.25) is 14.1 Å². The van der Waals surface area contributed by atoms with Gasteiger partial charge in [-0.15, -0.1) is 0 Å². The number of para-hydroxylation sites is 2. The smallest absolute Gasteiger partial charge is 0.169 e. The van der Waals surface area contributed by atoms with Crippen molar-refractivity contribution in [1.29, 1.82) is 0 Å². The van der Waals surface area contributed by atoms with E-state index >= 15 is 0 Å². The Morgan fingerprint density at radius 1 is 0.455 bits per heavy atom. The lowest BCUT2D eigenvalue weighted by Crippen LogP contribution is -2.04. The fourth-order valence-electron chi connectivity index (χ4n) is 6.02. The molecule has 7 heteroatoms. The summed E-state index contributed by atoms with van der Waals surface area (Å²) in [6, 6.07) is 44.9. The molecule has 0 aliphatic carbocycles. The van der Waals surface area contributed by atoms with E-state index in [0.29, 0.717) is 17.3 Å². The van der Waals surface area contributed by atoms with Crippen LogP contribution in [0.15, 0.2) is 140 Å². The van der Waals surface area contributed by atoms with Crippen molar-refractivity contribution < 1.29 is 0 Å². The molecule has 9 rings (SSSR count). The highest BCUT2D eigenvalue weighted by Gasteiger charge is 2.23. The number of hydrogen-bond donors (Lipinski definition) is 0. The van der Waals surface area contributed by atoms with Crippen LogP contribution in [0.1, 0.15) is 0 Å². The minimum atomic E-state index is 0.633. The third-order valence-electron chi connectivity index (χ3n) is 7.99. The van der Waals surface area contributed by atoms with Gasteiger partial charge in [-0.25, -0.2) is 19.9 Å². The Morgan fingerprint density at radius 2 is 1.11 bits per heavy atom. The number of hydrogen-bond acceptors (Lipinski definition) is 5. The largest absolute Gasteiger partial charge is 0.292 e. The zero-order valence-electron chi connectivity index (χ0n) is 23.4. The lowest BCUT2D eigenvalue weighted by Gasteiger charge is -2.11. The van der Waals surface area contributed by atoms with Gasteiger partial charge >= 0.3 is 0 Å². The first kappa shape index (κ1) is 24.4. The summed E-state index contributed by atoms with van der Waals surface area (Å²) in [6.45, 7) is 0. The average molecular weight is 566 g/mol. The first-order valence-electron chi connectivity index (χ1n) is 14.5. The third kappa shape index (κ3) is 3.73. The molecule has 206 valence electrons. The van der Waals surface area contributed by atoms with Crippen molar-refractivity contribution in [1.82, 2.24) is 34.1 Å². The topological polar surface area (TPSA) is 74.3 Å². The Bertz CT molecular complexity index is 2420. The molecule has 0 radical (unpaired) electrons. The van der Waals surface area contributed by atoms with Crippen molar-refractivity contribution in [3.63, 3.8) is 0 Å². The van der Waals surface area contributed by atoms with Crippen LogP contribution in [-0.4, -0.2) is 34.1 Å². The maximum atomic E-state index is 5.37. The highest BCUT2D eigenvalue weighted by molar-refractivity contribution is 6.11. The summed E-state index contributed by atoms with van der Waals surface area (Å²) < 4.78 is 4.25. The van der Waals surface area contributed by atoms with E-state index in [-0.39, 0.29) is 0 Å². The summed E-state index contributed by atoms with van der Waals surface area (Å²) in [5.74, 6) is 1.33. The SMILES string of the molecule is c1ccc(-c2cc(-n3c4cccnc4c4nc5c6ccccc6n(-c6ccccc6)c5nc43)nc(-c3ccccc3)n2)cc1. The molecule has 0 atom stereocenters. The second-order valence-electron chi connectivity index (χ2n) is 10.6. The van der Waals surface area contributed by atoms with Gasteiger partial charge in [0.1, 0.15) is 22.4 Å². The maximum absolute atomic E-state index is 5.37. The third-order valence-corrected chi connectivity index (χ3v) is 7.99. The van der Waals surface area contributed by atoms with Crippen LogP contribution in [0.2, 0.25) is 0 Å². The monoisotopic (exact) mass is 565 g/mol. The molecule has 7 nitrogen and oxygen atoms in total. The molecule has 4 aromatic carbocycles. The highest BCUT2D eigenvalue weighted by atomic mass is 15.2. The van der Waals surface area contributed by atoms with Crippen molar-refractivity contribution in [2.45, 2.75) is 0 Å². The molecule has 0 spiro atoms. The Labute approximate surface area is 251 Å². The zero-order chi connectivity index (χ0) is 29.0. The van der Waals surface area contributed by atoms with Gasteiger partial charge in [0.15, 0.2) is 17.1 Å². The first-order valence-corrected chi connectivity index (χ1v) is 14.5.